The molecule has 8 rings (SSSR count). The van der Waals surface area contributed by atoms with E-state index in [0.717, 1.165) is 16.7 Å². The lowest BCUT2D eigenvalue weighted by atomic mass is 9.65. The van der Waals surface area contributed by atoms with Crippen molar-refractivity contribution in [3.8, 4) is 46.0 Å². The number of carbonyl (C=O) groups excluding carboxylic acids is 3. The van der Waals surface area contributed by atoms with E-state index < -0.39 is 29.7 Å². The van der Waals surface area contributed by atoms with Crippen LogP contribution in [0.4, 0.5) is 0 Å². The molecule has 1 fully saturated rings. The third kappa shape index (κ3) is 5.87. The number of ketones is 1. The number of allylic oxidation sites excluding steroid dienone is 1. The Bertz CT molecular complexity index is 2150. The van der Waals surface area contributed by atoms with Gasteiger partial charge in [0, 0.05) is 11.8 Å². The highest BCUT2D eigenvalue weighted by atomic mass is 16.7. The van der Waals surface area contributed by atoms with Gasteiger partial charge in [-0.1, -0.05) is 18.2 Å². The Morgan fingerprint density at radius 2 is 1.51 bits per heavy atom. The molecule has 1 N–H and O–H groups in total. The number of amides is 1. The molecular formula is C40H35NO12. The normalized spacial score (nSPS) is 21.2. The largest absolute Gasteiger partial charge is 0.493 e. The summed E-state index contributed by atoms with van der Waals surface area (Å²) < 4.78 is 51.3. The zero-order valence-corrected chi connectivity index (χ0v) is 29.3. The molecule has 4 aromatic rings. The van der Waals surface area contributed by atoms with Gasteiger partial charge in [0.25, 0.3) is 5.91 Å². The number of rotatable bonds is 10. The van der Waals surface area contributed by atoms with Crippen LogP contribution in [0.2, 0.25) is 0 Å². The van der Waals surface area contributed by atoms with Crippen LogP contribution in [0.5, 0.6) is 46.0 Å². The van der Waals surface area contributed by atoms with E-state index in [-0.39, 0.29) is 37.5 Å². The second-order valence-corrected chi connectivity index (χ2v) is 12.8. The Kier molecular flexibility index (Phi) is 8.69. The Labute approximate surface area is 304 Å². The summed E-state index contributed by atoms with van der Waals surface area (Å²) in [6.07, 6.45) is 1.63. The molecule has 0 bridgehead atoms. The fourth-order valence-electron chi connectivity index (χ4n) is 7.57. The highest BCUT2D eigenvalue weighted by Gasteiger charge is 2.53. The van der Waals surface area contributed by atoms with E-state index in [0.29, 0.717) is 57.1 Å². The second-order valence-electron chi connectivity index (χ2n) is 12.8. The number of ether oxygens (including phenoxy) is 9. The van der Waals surface area contributed by atoms with Crippen molar-refractivity contribution in [2.24, 2.45) is 11.8 Å². The molecule has 0 radical (unpaired) electrons. The van der Waals surface area contributed by atoms with Gasteiger partial charge in [-0.25, -0.2) is 0 Å². The number of esters is 1. The summed E-state index contributed by atoms with van der Waals surface area (Å²) in [5.41, 5.74) is 3.39. The predicted octanol–water partition coefficient (Wildman–Crippen LogP) is 5.24. The third-order valence-corrected chi connectivity index (χ3v) is 9.97. The molecule has 3 heterocycles. The van der Waals surface area contributed by atoms with Crippen molar-refractivity contribution >= 4 is 23.7 Å². The molecule has 3 aliphatic heterocycles. The quantitative estimate of drug-likeness (QED) is 0.169. The van der Waals surface area contributed by atoms with Gasteiger partial charge >= 0.3 is 5.97 Å². The number of carbonyl (C=O) groups is 3. The van der Waals surface area contributed by atoms with E-state index in [1.807, 2.05) is 24.3 Å². The van der Waals surface area contributed by atoms with Crippen LogP contribution in [0.3, 0.4) is 0 Å². The highest BCUT2D eigenvalue weighted by molar-refractivity contribution is 6.14. The monoisotopic (exact) mass is 721 g/mol. The van der Waals surface area contributed by atoms with Crippen LogP contribution >= 0.6 is 0 Å². The first-order chi connectivity index (χ1) is 25.8. The highest BCUT2D eigenvalue weighted by Crippen LogP contribution is 2.55. The van der Waals surface area contributed by atoms with E-state index in [9.17, 15) is 14.4 Å². The van der Waals surface area contributed by atoms with E-state index >= 15 is 0 Å². The van der Waals surface area contributed by atoms with Crippen LogP contribution in [0.15, 0.2) is 72.5 Å². The molecule has 1 amide bonds. The van der Waals surface area contributed by atoms with E-state index in [1.54, 1.807) is 48.5 Å². The molecule has 4 aromatic carbocycles. The van der Waals surface area contributed by atoms with Crippen molar-refractivity contribution in [1.29, 1.82) is 0 Å². The first-order valence-corrected chi connectivity index (χ1v) is 16.8. The SMILES string of the molecule is COc1cc(/C=C2\Oc3ccccc3C2=O)ccc1OCC(=O)N[C@@H]1c2cc3c(cc2[C@@H](c2cc(OC)c(OC)c(OC)c2)[C@H]2C(=O)OC[C@@H]21)OCO3. The van der Waals surface area contributed by atoms with Gasteiger partial charge in [-0.3, -0.25) is 14.4 Å². The molecule has 4 atom stereocenters. The molecule has 53 heavy (non-hydrogen) atoms. The molecule has 1 aliphatic carbocycles. The average molecular weight is 722 g/mol. The van der Waals surface area contributed by atoms with Crippen molar-refractivity contribution in [2.75, 3.05) is 48.4 Å². The van der Waals surface area contributed by atoms with Gasteiger partial charge in [0.15, 0.2) is 46.9 Å². The van der Waals surface area contributed by atoms with Crippen molar-refractivity contribution in [1.82, 2.24) is 5.32 Å². The van der Waals surface area contributed by atoms with Crippen LogP contribution in [0.25, 0.3) is 6.08 Å². The van der Waals surface area contributed by atoms with Gasteiger partial charge in [0.05, 0.1) is 52.6 Å². The number of para-hydroxylation sites is 1. The zero-order valence-electron chi connectivity index (χ0n) is 29.3. The maximum absolute atomic E-state index is 13.7. The van der Waals surface area contributed by atoms with Gasteiger partial charge < -0.3 is 47.9 Å². The molecule has 0 aromatic heterocycles. The lowest BCUT2D eigenvalue weighted by Gasteiger charge is -2.39. The molecule has 272 valence electrons. The fourth-order valence-corrected chi connectivity index (χ4v) is 7.57. The minimum Gasteiger partial charge on any atom is -0.493 e. The number of Topliss-reactive ketones (excluding diaryl/α,β-unsaturated/α-hetero) is 1. The smallest absolute Gasteiger partial charge is 0.310 e. The molecule has 0 saturated carbocycles. The number of cyclic esters (lactones) is 1. The van der Waals surface area contributed by atoms with Gasteiger partial charge in [0.1, 0.15) is 5.75 Å². The van der Waals surface area contributed by atoms with Crippen LogP contribution in [-0.2, 0) is 14.3 Å². The van der Waals surface area contributed by atoms with Gasteiger partial charge in [-0.15, -0.1) is 0 Å². The van der Waals surface area contributed by atoms with Crippen molar-refractivity contribution < 1.29 is 57.0 Å². The number of hydrogen-bond acceptors (Lipinski definition) is 12. The molecule has 1 saturated heterocycles. The standard InChI is InChI=1S/C40H35NO12/c1-45-28-11-20(12-31-38(43)22-7-5-6-8-26(22)53-31)9-10-27(28)49-18-34(42)41-37-24-16-30-29(51-19-52-30)15-23(24)35(36-25(37)17-50-40(36)44)21-13-32(46-2)39(48-4)33(14-21)47-3/h5-16,25,35-37H,17-19H2,1-4H3,(H,41,42)/b31-12-/t25-,35+,36-,37+/m0/s1. The second kappa shape index (κ2) is 13.6. The van der Waals surface area contributed by atoms with Crippen LogP contribution in [0, 0.1) is 11.8 Å². The summed E-state index contributed by atoms with van der Waals surface area (Å²) in [6.45, 7) is -0.222. The zero-order chi connectivity index (χ0) is 36.8. The summed E-state index contributed by atoms with van der Waals surface area (Å²) >= 11 is 0. The minimum atomic E-state index is -0.665. The fraction of sp³-hybridized carbons (Fsp3) is 0.275. The number of hydrogen-bond donors (Lipinski definition) is 1. The van der Waals surface area contributed by atoms with Gasteiger partial charge in [-0.2, -0.15) is 0 Å². The first-order valence-electron chi connectivity index (χ1n) is 16.8. The Morgan fingerprint density at radius 1 is 0.792 bits per heavy atom. The average Bonchev–Trinajstić information content (AvgIpc) is 3.89. The van der Waals surface area contributed by atoms with Gasteiger partial charge in [0.2, 0.25) is 18.3 Å². The molecule has 0 unspecified atom stereocenters. The Hall–Kier alpha value is -6.37. The van der Waals surface area contributed by atoms with Crippen LogP contribution in [-0.4, -0.2) is 66.1 Å². The van der Waals surface area contributed by atoms with Crippen molar-refractivity contribution in [3.05, 3.63) is 100 Å². The summed E-state index contributed by atoms with van der Waals surface area (Å²) in [5, 5.41) is 3.11. The van der Waals surface area contributed by atoms with Crippen molar-refractivity contribution in [2.45, 2.75) is 12.0 Å². The maximum Gasteiger partial charge on any atom is 0.310 e. The summed E-state index contributed by atoms with van der Waals surface area (Å²) in [7, 11) is 6.07. The minimum absolute atomic E-state index is 0.0432. The summed E-state index contributed by atoms with van der Waals surface area (Å²) in [6, 6.07) is 18.8. The number of fused-ring (bicyclic) bond motifs is 4. The van der Waals surface area contributed by atoms with Crippen LogP contribution in [0.1, 0.15) is 44.6 Å². The third-order valence-electron chi connectivity index (χ3n) is 9.97. The molecular weight excluding hydrogens is 686 g/mol. The topological polar surface area (TPSA) is 146 Å². The first kappa shape index (κ1) is 33.8. The number of methoxy groups -OCH3 is 4. The maximum atomic E-state index is 13.7. The van der Waals surface area contributed by atoms with Crippen molar-refractivity contribution in [3.63, 3.8) is 0 Å². The molecule has 13 nitrogen and oxygen atoms in total. The molecule has 0 spiro atoms. The lowest BCUT2D eigenvalue weighted by Crippen LogP contribution is -2.44. The van der Waals surface area contributed by atoms with E-state index in [4.69, 9.17) is 42.6 Å². The number of nitrogens with one attached hydrogen (secondary N) is 1. The predicted molar refractivity (Wildman–Crippen MR) is 187 cm³/mol. The lowest BCUT2D eigenvalue weighted by molar-refractivity contribution is -0.141. The van der Waals surface area contributed by atoms with E-state index in [1.165, 1.54) is 28.4 Å². The number of benzene rings is 4. The van der Waals surface area contributed by atoms with Crippen LogP contribution < -0.4 is 43.2 Å². The summed E-state index contributed by atoms with van der Waals surface area (Å²) in [4.78, 5) is 40.0. The Morgan fingerprint density at radius 3 is 2.21 bits per heavy atom. The van der Waals surface area contributed by atoms with E-state index in [2.05, 4.69) is 5.32 Å². The summed E-state index contributed by atoms with van der Waals surface area (Å²) in [5.74, 6) is 1.08. The molecule has 4 aliphatic rings. The van der Waals surface area contributed by atoms with Gasteiger partial charge in [-0.05, 0) is 76.9 Å². The molecule has 13 heteroatoms. The Balaban J connectivity index is 1.06.